The van der Waals surface area contributed by atoms with Crippen LogP contribution in [0.15, 0.2) is 35.3 Å². The predicted molar refractivity (Wildman–Crippen MR) is 115 cm³/mol. The van der Waals surface area contributed by atoms with Gasteiger partial charge in [-0.15, -0.1) is 24.0 Å². The Morgan fingerprint density at radius 3 is 2.37 bits per heavy atom. The van der Waals surface area contributed by atoms with Crippen LogP contribution in [-0.2, 0) is 0 Å². The molecule has 1 unspecified atom stereocenters. The lowest BCUT2D eigenvalue weighted by Gasteiger charge is -2.37. The first-order valence-electron chi connectivity index (χ1n) is 9.19. The molecule has 1 saturated heterocycles. The third kappa shape index (κ3) is 8.68. The van der Waals surface area contributed by atoms with E-state index in [9.17, 15) is 13.2 Å². The zero-order chi connectivity index (χ0) is 19.0. The molecule has 154 valence electrons. The fraction of sp³-hybridized carbons (Fsp3) is 0.632. The van der Waals surface area contributed by atoms with Crippen LogP contribution in [0, 0.1) is 5.92 Å². The quantitative estimate of drug-likeness (QED) is 0.351. The Morgan fingerprint density at radius 2 is 1.81 bits per heavy atom. The average molecular weight is 498 g/mol. The van der Waals surface area contributed by atoms with Crippen LogP contribution < -0.4 is 10.6 Å². The summed E-state index contributed by atoms with van der Waals surface area (Å²) in [4.78, 5) is 6.49. The van der Waals surface area contributed by atoms with Gasteiger partial charge in [-0.05, 0) is 37.4 Å². The molecule has 0 aromatic heterocycles. The van der Waals surface area contributed by atoms with Crippen molar-refractivity contribution in [3.63, 3.8) is 0 Å². The monoisotopic (exact) mass is 498 g/mol. The summed E-state index contributed by atoms with van der Waals surface area (Å²) in [5, 5.41) is 5.94. The van der Waals surface area contributed by atoms with E-state index >= 15 is 0 Å². The van der Waals surface area contributed by atoms with Gasteiger partial charge in [0.15, 0.2) is 5.96 Å². The molecule has 1 aliphatic heterocycles. The minimum Gasteiger partial charge on any atom is -0.356 e. The summed E-state index contributed by atoms with van der Waals surface area (Å²) in [6.45, 7) is 4.76. The minimum absolute atomic E-state index is 0. The summed E-state index contributed by atoms with van der Waals surface area (Å²) in [7, 11) is 1.57. The van der Waals surface area contributed by atoms with Crippen molar-refractivity contribution in [1.29, 1.82) is 0 Å². The number of aliphatic imine (C=N–C) groups is 1. The Labute approximate surface area is 177 Å². The first kappa shape index (κ1) is 24.0. The number of hydrogen-bond donors (Lipinski definition) is 2. The highest BCUT2D eigenvalue weighted by atomic mass is 127. The largest absolute Gasteiger partial charge is 0.390 e. The lowest BCUT2D eigenvalue weighted by atomic mass is 9.95. The van der Waals surface area contributed by atoms with Crippen LogP contribution in [0.25, 0.3) is 0 Å². The van der Waals surface area contributed by atoms with Gasteiger partial charge in [-0.3, -0.25) is 9.89 Å². The molecule has 2 N–H and O–H groups in total. The average Bonchev–Trinajstić information content (AvgIpc) is 2.61. The Bertz CT molecular complexity index is 558. The molecule has 0 aliphatic carbocycles. The van der Waals surface area contributed by atoms with Crippen molar-refractivity contribution < 1.29 is 13.2 Å². The Hall–Kier alpha value is -1.03. The van der Waals surface area contributed by atoms with E-state index in [1.54, 1.807) is 7.05 Å². The van der Waals surface area contributed by atoms with Gasteiger partial charge in [0.25, 0.3) is 0 Å². The van der Waals surface area contributed by atoms with Gasteiger partial charge in [0.05, 0.1) is 12.5 Å². The number of hydrogen-bond acceptors (Lipinski definition) is 2. The second kappa shape index (κ2) is 11.7. The maximum absolute atomic E-state index is 12.3. The van der Waals surface area contributed by atoms with Crippen LogP contribution in [0.4, 0.5) is 13.2 Å². The van der Waals surface area contributed by atoms with Crippen LogP contribution in [-0.4, -0.2) is 50.3 Å². The standard InChI is InChI=1S/C19H29F3N4.HI/c1-15-8-12-26(13-9-15)17(16-6-4-3-5-7-16)14-25-18(23-2)24-11-10-19(20,21)22;/h3-7,15,17H,8-14H2,1-2H3,(H2,23,24,25);1H. The SMILES string of the molecule is CN=C(NCCC(F)(F)F)NCC(c1ccccc1)N1CCC(C)CC1.I. The summed E-state index contributed by atoms with van der Waals surface area (Å²) in [6.07, 6.45) is -2.70. The first-order chi connectivity index (χ1) is 12.4. The lowest BCUT2D eigenvalue weighted by Crippen LogP contribution is -2.45. The second-order valence-electron chi connectivity index (χ2n) is 6.89. The summed E-state index contributed by atoms with van der Waals surface area (Å²) >= 11 is 0. The number of likely N-dealkylation sites (tertiary alicyclic amines) is 1. The molecule has 0 spiro atoms. The highest BCUT2D eigenvalue weighted by Crippen LogP contribution is 2.26. The smallest absolute Gasteiger partial charge is 0.356 e. The van der Waals surface area contributed by atoms with E-state index < -0.39 is 12.6 Å². The third-order valence-corrected chi connectivity index (χ3v) is 4.83. The van der Waals surface area contributed by atoms with E-state index in [-0.39, 0.29) is 36.6 Å². The molecule has 1 atom stereocenters. The van der Waals surface area contributed by atoms with Crippen LogP contribution in [0.3, 0.4) is 0 Å². The van der Waals surface area contributed by atoms with Crippen molar-refractivity contribution >= 4 is 29.9 Å². The zero-order valence-corrected chi connectivity index (χ0v) is 18.3. The highest BCUT2D eigenvalue weighted by molar-refractivity contribution is 14.0. The maximum atomic E-state index is 12.3. The summed E-state index contributed by atoms with van der Waals surface area (Å²) in [5.41, 5.74) is 1.21. The first-order valence-corrected chi connectivity index (χ1v) is 9.19. The van der Waals surface area contributed by atoms with Crippen LogP contribution in [0.5, 0.6) is 0 Å². The molecule has 1 aromatic carbocycles. The van der Waals surface area contributed by atoms with Gasteiger partial charge < -0.3 is 10.6 Å². The molecule has 0 radical (unpaired) electrons. The Morgan fingerprint density at radius 1 is 1.19 bits per heavy atom. The van der Waals surface area contributed by atoms with Crippen molar-refractivity contribution in [2.24, 2.45) is 10.9 Å². The predicted octanol–water partition coefficient (Wildman–Crippen LogP) is 4.20. The fourth-order valence-corrected chi connectivity index (χ4v) is 3.21. The normalized spacial score (nSPS) is 17.9. The molecule has 1 aromatic rings. The topological polar surface area (TPSA) is 39.7 Å². The number of benzene rings is 1. The number of nitrogens with one attached hydrogen (secondary N) is 2. The molecule has 0 bridgehead atoms. The number of guanidine groups is 1. The van der Waals surface area contributed by atoms with Crippen molar-refractivity contribution in [2.45, 2.75) is 38.4 Å². The van der Waals surface area contributed by atoms with Gasteiger partial charge in [-0.25, -0.2) is 0 Å². The molecular weight excluding hydrogens is 468 g/mol. The second-order valence-corrected chi connectivity index (χ2v) is 6.89. The number of piperidine rings is 1. The third-order valence-electron chi connectivity index (χ3n) is 4.83. The molecule has 8 heteroatoms. The van der Waals surface area contributed by atoms with Gasteiger partial charge in [0.1, 0.15) is 0 Å². The van der Waals surface area contributed by atoms with Crippen LogP contribution >= 0.6 is 24.0 Å². The lowest BCUT2D eigenvalue weighted by molar-refractivity contribution is -0.132. The van der Waals surface area contributed by atoms with Crippen molar-refractivity contribution in [2.75, 3.05) is 33.2 Å². The van der Waals surface area contributed by atoms with E-state index in [0.29, 0.717) is 12.5 Å². The molecule has 4 nitrogen and oxygen atoms in total. The van der Waals surface area contributed by atoms with E-state index in [4.69, 9.17) is 0 Å². The molecule has 0 saturated carbocycles. The van der Waals surface area contributed by atoms with Crippen molar-refractivity contribution in [1.82, 2.24) is 15.5 Å². The van der Waals surface area contributed by atoms with E-state index in [1.807, 2.05) is 18.2 Å². The molecule has 2 rings (SSSR count). The minimum atomic E-state index is -4.16. The Balaban J connectivity index is 0.00000364. The summed E-state index contributed by atoms with van der Waals surface area (Å²) in [6, 6.07) is 10.4. The molecular formula is C19H30F3IN4. The fourth-order valence-electron chi connectivity index (χ4n) is 3.21. The van der Waals surface area contributed by atoms with Gasteiger partial charge in [0.2, 0.25) is 0 Å². The van der Waals surface area contributed by atoms with Gasteiger partial charge in [-0.2, -0.15) is 13.2 Å². The molecule has 1 heterocycles. The van der Waals surface area contributed by atoms with Crippen LogP contribution in [0.2, 0.25) is 0 Å². The molecule has 1 aliphatic rings. The van der Waals surface area contributed by atoms with E-state index in [0.717, 1.165) is 19.0 Å². The molecule has 1 fully saturated rings. The van der Waals surface area contributed by atoms with Crippen molar-refractivity contribution in [3.05, 3.63) is 35.9 Å². The summed E-state index contributed by atoms with van der Waals surface area (Å²) < 4.78 is 36.9. The molecule has 0 amide bonds. The number of alkyl halides is 3. The molecule has 27 heavy (non-hydrogen) atoms. The van der Waals surface area contributed by atoms with Gasteiger partial charge in [0, 0.05) is 20.1 Å². The Kier molecular flexibility index (Phi) is 10.4. The number of rotatable bonds is 6. The van der Waals surface area contributed by atoms with E-state index in [1.165, 1.54) is 18.4 Å². The van der Waals surface area contributed by atoms with Gasteiger partial charge in [-0.1, -0.05) is 37.3 Å². The van der Waals surface area contributed by atoms with Gasteiger partial charge >= 0.3 is 6.18 Å². The van der Waals surface area contributed by atoms with Crippen molar-refractivity contribution in [3.8, 4) is 0 Å². The maximum Gasteiger partial charge on any atom is 0.390 e. The van der Waals surface area contributed by atoms with E-state index in [2.05, 4.69) is 39.6 Å². The zero-order valence-electron chi connectivity index (χ0n) is 15.9. The highest BCUT2D eigenvalue weighted by Gasteiger charge is 2.27. The van der Waals surface area contributed by atoms with Crippen LogP contribution in [0.1, 0.15) is 37.8 Å². The number of nitrogens with zero attached hydrogens (tertiary/aromatic N) is 2. The summed E-state index contributed by atoms with van der Waals surface area (Å²) in [5.74, 6) is 1.15. The number of halogens is 4.